The molecule has 3 heterocycles. The number of piperidine rings is 3. The molecule has 0 saturated carbocycles. The van der Waals surface area contributed by atoms with Crippen LogP contribution in [0.4, 0.5) is 0 Å². The van der Waals surface area contributed by atoms with Crippen LogP contribution < -0.4 is 5.32 Å². The highest BCUT2D eigenvalue weighted by Crippen LogP contribution is 2.37. The summed E-state index contributed by atoms with van der Waals surface area (Å²) in [6, 6.07) is 8.90. The number of hydrogen-bond donors (Lipinski definition) is 1. The van der Waals surface area contributed by atoms with Gasteiger partial charge in [0.25, 0.3) is 0 Å². The number of carbonyl (C=O) groups is 2. The van der Waals surface area contributed by atoms with Gasteiger partial charge in [-0.05, 0) is 50.0 Å². The van der Waals surface area contributed by atoms with Crippen molar-refractivity contribution in [3.8, 4) is 0 Å². The maximum Gasteiger partial charge on any atom is 0.234 e. The van der Waals surface area contributed by atoms with Gasteiger partial charge in [0.05, 0.1) is 6.54 Å². The van der Waals surface area contributed by atoms with Crippen molar-refractivity contribution >= 4 is 11.8 Å². The molecule has 1 aromatic carbocycles. The Balaban J connectivity index is 1.25. The molecule has 2 bridgehead atoms. The smallest absolute Gasteiger partial charge is 0.234 e. The first kappa shape index (κ1) is 18.5. The van der Waals surface area contributed by atoms with Crippen LogP contribution in [0.1, 0.15) is 36.8 Å². The van der Waals surface area contributed by atoms with E-state index < -0.39 is 0 Å². The number of aryl methyl sites for hydroxylation is 1. The first-order valence-corrected chi connectivity index (χ1v) is 10.4. The summed E-state index contributed by atoms with van der Waals surface area (Å²) in [7, 11) is 0. The number of nitrogens with zero attached hydrogens (tertiary/aromatic N) is 2. The Labute approximate surface area is 162 Å². The van der Waals surface area contributed by atoms with Crippen LogP contribution in [0.15, 0.2) is 24.3 Å². The summed E-state index contributed by atoms with van der Waals surface area (Å²) in [6.45, 7) is 6.05. The molecule has 5 heteroatoms. The van der Waals surface area contributed by atoms with Crippen molar-refractivity contribution in [2.45, 2.75) is 45.1 Å². The maximum absolute atomic E-state index is 12.4. The molecule has 4 rings (SSSR count). The van der Waals surface area contributed by atoms with Crippen LogP contribution in [0, 0.1) is 18.8 Å². The molecule has 0 aliphatic carbocycles. The summed E-state index contributed by atoms with van der Waals surface area (Å²) in [5, 5.41) is 3.08. The highest BCUT2D eigenvalue weighted by Gasteiger charge is 2.43. The zero-order valence-electron chi connectivity index (χ0n) is 16.3. The molecule has 3 saturated heterocycles. The molecule has 3 fully saturated rings. The molecule has 3 atom stereocenters. The van der Waals surface area contributed by atoms with Gasteiger partial charge < -0.3 is 10.2 Å². The van der Waals surface area contributed by atoms with E-state index in [1.807, 2.05) is 0 Å². The van der Waals surface area contributed by atoms with Crippen LogP contribution in [-0.4, -0.2) is 60.4 Å². The number of fused-ring (bicyclic) bond motifs is 4. The van der Waals surface area contributed by atoms with E-state index in [1.54, 1.807) is 0 Å². The number of benzene rings is 1. The summed E-state index contributed by atoms with van der Waals surface area (Å²) in [5.74, 6) is 1.55. The molecule has 5 nitrogen and oxygen atoms in total. The first-order valence-electron chi connectivity index (χ1n) is 10.4. The molecule has 2 amide bonds. The number of amides is 2. The molecule has 1 N–H and O–H groups in total. The fraction of sp³-hybridized carbons (Fsp3) is 0.636. The minimum absolute atomic E-state index is 0.124. The zero-order chi connectivity index (χ0) is 18.8. The van der Waals surface area contributed by atoms with Crippen LogP contribution in [0.3, 0.4) is 0 Å². The summed E-state index contributed by atoms with van der Waals surface area (Å²) in [5.41, 5.74) is 2.52. The second-order valence-corrected chi connectivity index (χ2v) is 8.65. The van der Waals surface area contributed by atoms with Gasteiger partial charge in [-0.2, -0.15) is 0 Å². The Kier molecular flexibility index (Phi) is 5.48. The van der Waals surface area contributed by atoms with Crippen molar-refractivity contribution in [1.82, 2.24) is 15.1 Å². The van der Waals surface area contributed by atoms with Crippen LogP contribution in [-0.2, 0) is 16.0 Å². The molecular weight excluding hydrogens is 338 g/mol. The molecule has 3 aliphatic heterocycles. The Morgan fingerprint density at radius 3 is 2.81 bits per heavy atom. The molecule has 3 aliphatic rings. The Morgan fingerprint density at radius 1 is 1.19 bits per heavy atom. The minimum Gasteiger partial charge on any atom is -0.355 e. The van der Waals surface area contributed by atoms with Gasteiger partial charge in [0, 0.05) is 38.6 Å². The quantitative estimate of drug-likeness (QED) is 0.864. The van der Waals surface area contributed by atoms with Crippen molar-refractivity contribution in [1.29, 1.82) is 0 Å². The third-order valence-corrected chi connectivity index (χ3v) is 6.48. The summed E-state index contributed by atoms with van der Waals surface area (Å²) < 4.78 is 0. The highest BCUT2D eigenvalue weighted by atomic mass is 16.2. The predicted octanol–water partition coefficient (Wildman–Crippen LogP) is 1.99. The van der Waals surface area contributed by atoms with E-state index in [0.29, 0.717) is 36.9 Å². The lowest BCUT2D eigenvalue weighted by Crippen LogP contribution is -2.61. The average molecular weight is 370 g/mol. The van der Waals surface area contributed by atoms with Crippen molar-refractivity contribution in [3.63, 3.8) is 0 Å². The normalized spacial score (nSPS) is 28.0. The SMILES string of the molecule is Cc1ccc(CCNC(=O)CN2C[C@H]3C[C@H](C2)[C@H]2CCCC(=O)N2C3)cc1. The molecule has 27 heavy (non-hydrogen) atoms. The molecule has 1 aromatic rings. The second-order valence-electron chi connectivity index (χ2n) is 8.65. The lowest BCUT2D eigenvalue weighted by atomic mass is 9.76. The van der Waals surface area contributed by atoms with E-state index in [0.717, 1.165) is 45.3 Å². The number of rotatable bonds is 5. The van der Waals surface area contributed by atoms with E-state index in [2.05, 4.69) is 46.3 Å². The highest BCUT2D eigenvalue weighted by molar-refractivity contribution is 5.78. The van der Waals surface area contributed by atoms with Crippen LogP contribution >= 0.6 is 0 Å². The van der Waals surface area contributed by atoms with Gasteiger partial charge in [-0.15, -0.1) is 0 Å². The second kappa shape index (κ2) is 8.01. The van der Waals surface area contributed by atoms with E-state index in [-0.39, 0.29) is 5.91 Å². The zero-order valence-corrected chi connectivity index (χ0v) is 16.3. The summed E-state index contributed by atoms with van der Waals surface area (Å²) >= 11 is 0. The number of nitrogens with one attached hydrogen (secondary N) is 1. The Bertz CT molecular complexity index is 687. The third kappa shape index (κ3) is 4.34. The Morgan fingerprint density at radius 2 is 2.00 bits per heavy atom. The van der Waals surface area contributed by atoms with E-state index in [9.17, 15) is 9.59 Å². The summed E-state index contributed by atoms with van der Waals surface area (Å²) in [4.78, 5) is 29.1. The lowest BCUT2D eigenvalue weighted by Gasteiger charge is -2.52. The molecular formula is C22H31N3O2. The molecule has 146 valence electrons. The van der Waals surface area contributed by atoms with E-state index >= 15 is 0 Å². The standard InChI is InChI=1S/C22H31N3O2/c1-16-5-7-17(8-6-16)9-10-23-21(26)15-24-12-18-11-19(14-24)20-3-2-4-22(27)25(20)13-18/h5-8,18-20H,2-4,9-15H2,1H3,(H,23,26)/t18-,19-,20-/m1/s1. The maximum atomic E-state index is 12.4. The topological polar surface area (TPSA) is 52.7 Å². The predicted molar refractivity (Wildman–Crippen MR) is 105 cm³/mol. The van der Waals surface area contributed by atoms with Crippen LogP contribution in [0.2, 0.25) is 0 Å². The van der Waals surface area contributed by atoms with Gasteiger partial charge in [0.2, 0.25) is 11.8 Å². The monoisotopic (exact) mass is 369 g/mol. The average Bonchev–Trinajstić information content (AvgIpc) is 2.64. The third-order valence-electron chi connectivity index (χ3n) is 6.48. The number of likely N-dealkylation sites (tertiary alicyclic amines) is 1. The minimum atomic E-state index is 0.124. The first-order chi connectivity index (χ1) is 13.1. The Hall–Kier alpha value is -1.88. The fourth-order valence-corrected chi connectivity index (χ4v) is 5.20. The number of hydrogen-bond acceptors (Lipinski definition) is 3. The van der Waals surface area contributed by atoms with Gasteiger partial charge >= 0.3 is 0 Å². The largest absolute Gasteiger partial charge is 0.355 e. The summed E-state index contributed by atoms with van der Waals surface area (Å²) in [6.07, 6.45) is 4.99. The van der Waals surface area contributed by atoms with Gasteiger partial charge in [-0.25, -0.2) is 0 Å². The van der Waals surface area contributed by atoms with Gasteiger partial charge in [-0.3, -0.25) is 14.5 Å². The molecule has 0 radical (unpaired) electrons. The van der Waals surface area contributed by atoms with Crippen LogP contribution in [0.25, 0.3) is 0 Å². The van der Waals surface area contributed by atoms with Crippen molar-refractivity contribution < 1.29 is 9.59 Å². The molecule has 0 aromatic heterocycles. The fourth-order valence-electron chi connectivity index (χ4n) is 5.20. The van der Waals surface area contributed by atoms with Crippen molar-refractivity contribution in [2.75, 3.05) is 32.7 Å². The van der Waals surface area contributed by atoms with E-state index in [4.69, 9.17) is 0 Å². The number of carbonyl (C=O) groups excluding carboxylic acids is 2. The van der Waals surface area contributed by atoms with Gasteiger partial charge in [-0.1, -0.05) is 29.8 Å². The van der Waals surface area contributed by atoms with Gasteiger partial charge in [0.1, 0.15) is 0 Å². The van der Waals surface area contributed by atoms with Gasteiger partial charge in [0.15, 0.2) is 0 Å². The van der Waals surface area contributed by atoms with Crippen molar-refractivity contribution in [2.24, 2.45) is 11.8 Å². The van der Waals surface area contributed by atoms with Crippen molar-refractivity contribution in [3.05, 3.63) is 35.4 Å². The lowest BCUT2D eigenvalue weighted by molar-refractivity contribution is -0.145. The molecule has 0 unspecified atom stereocenters. The molecule has 0 spiro atoms. The van der Waals surface area contributed by atoms with Crippen LogP contribution in [0.5, 0.6) is 0 Å². The van der Waals surface area contributed by atoms with E-state index in [1.165, 1.54) is 17.5 Å².